The molecule has 3 nitrogen and oxygen atoms in total. The van der Waals surface area contributed by atoms with E-state index in [1.165, 1.54) is 0 Å². The minimum absolute atomic E-state index is 0.393. The van der Waals surface area contributed by atoms with Gasteiger partial charge in [0.15, 0.2) is 0 Å². The molecule has 0 aromatic carbocycles. The van der Waals surface area contributed by atoms with Crippen molar-refractivity contribution < 1.29 is 4.74 Å². The van der Waals surface area contributed by atoms with Gasteiger partial charge in [-0.25, -0.2) is 0 Å². The first-order valence-electron chi connectivity index (χ1n) is 3.64. The van der Waals surface area contributed by atoms with Crippen molar-refractivity contribution in [3.63, 3.8) is 0 Å². The smallest absolute Gasteiger partial charge is 0.108 e. The lowest BCUT2D eigenvalue weighted by Crippen LogP contribution is -2.40. The minimum atomic E-state index is -0.393. The summed E-state index contributed by atoms with van der Waals surface area (Å²) in [5.74, 6) is 0. The van der Waals surface area contributed by atoms with Gasteiger partial charge in [-0.1, -0.05) is 0 Å². The first-order chi connectivity index (χ1) is 5.06. The molecule has 0 rings (SSSR count). The molecule has 0 aromatic heterocycles. The predicted octanol–water partition coefficient (Wildman–Crippen LogP) is 0.867. The van der Waals surface area contributed by atoms with Gasteiger partial charge >= 0.3 is 0 Å². The second kappa shape index (κ2) is 4.32. The lowest BCUT2D eigenvalue weighted by Gasteiger charge is -2.28. The fourth-order valence-electron chi connectivity index (χ4n) is 0.680. The van der Waals surface area contributed by atoms with Crippen LogP contribution in [0.1, 0.15) is 13.3 Å². The summed E-state index contributed by atoms with van der Waals surface area (Å²) in [5.41, 5.74) is -0.393. The highest BCUT2D eigenvalue weighted by molar-refractivity contribution is 5.03. The summed E-state index contributed by atoms with van der Waals surface area (Å²) in [5, 5.41) is 8.84. The summed E-state index contributed by atoms with van der Waals surface area (Å²) in [6.45, 7) is 2.54. The zero-order chi connectivity index (χ0) is 8.91. The van der Waals surface area contributed by atoms with Crippen LogP contribution in [0.4, 0.5) is 0 Å². The number of nitriles is 1. The molecule has 1 atom stereocenters. The fraction of sp³-hybridized carbons (Fsp3) is 0.875. The van der Waals surface area contributed by atoms with Gasteiger partial charge in [0.25, 0.3) is 0 Å². The van der Waals surface area contributed by atoms with Crippen LogP contribution in [-0.2, 0) is 4.74 Å². The minimum Gasteiger partial charge on any atom is -0.385 e. The molecule has 0 saturated heterocycles. The van der Waals surface area contributed by atoms with Crippen molar-refractivity contribution in [3.05, 3.63) is 0 Å². The highest BCUT2D eigenvalue weighted by Gasteiger charge is 2.25. The van der Waals surface area contributed by atoms with Crippen molar-refractivity contribution in [1.29, 1.82) is 5.26 Å². The van der Waals surface area contributed by atoms with E-state index >= 15 is 0 Å². The molecule has 3 heteroatoms. The largest absolute Gasteiger partial charge is 0.385 e. The Labute approximate surface area is 68.6 Å². The van der Waals surface area contributed by atoms with Gasteiger partial charge < -0.3 is 4.74 Å². The average Bonchev–Trinajstić information content (AvgIpc) is 2.00. The van der Waals surface area contributed by atoms with Crippen molar-refractivity contribution in [1.82, 2.24) is 4.90 Å². The Morgan fingerprint density at radius 3 is 2.36 bits per heavy atom. The molecule has 0 fully saturated rings. The van der Waals surface area contributed by atoms with E-state index in [9.17, 15) is 0 Å². The van der Waals surface area contributed by atoms with E-state index in [1.807, 2.05) is 25.9 Å². The van der Waals surface area contributed by atoms with Gasteiger partial charge in [-0.05, 0) is 21.0 Å². The Hall–Kier alpha value is -0.590. The molecular weight excluding hydrogens is 140 g/mol. The van der Waals surface area contributed by atoms with Crippen molar-refractivity contribution >= 4 is 0 Å². The van der Waals surface area contributed by atoms with Crippen LogP contribution in [0.2, 0.25) is 0 Å². The SMILES string of the molecule is COCCC(C)(C#N)N(C)C. The first-order valence-corrected chi connectivity index (χ1v) is 3.64. The summed E-state index contributed by atoms with van der Waals surface area (Å²) in [6.07, 6.45) is 0.743. The molecule has 0 spiro atoms. The van der Waals surface area contributed by atoms with Crippen molar-refractivity contribution in [2.24, 2.45) is 0 Å². The number of ether oxygens (including phenoxy) is 1. The Morgan fingerprint density at radius 1 is 1.55 bits per heavy atom. The molecule has 0 aromatic rings. The second-order valence-corrected chi connectivity index (χ2v) is 3.02. The van der Waals surface area contributed by atoms with Crippen LogP contribution < -0.4 is 0 Å². The highest BCUT2D eigenvalue weighted by Crippen LogP contribution is 2.14. The van der Waals surface area contributed by atoms with E-state index in [2.05, 4.69) is 6.07 Å². The van der Waals surface area contributed by atoms with Crippen LogP contribution in [-0.4, -0.2) is 38.3 Å². The van der Waals surface area contributed by atoms with Gasteiger partial charge in [0.2, 0.25) is 0 Å². The summed E-state index contributed by atoms with van der Waals surface area (Å²) in [6, 6.07) is 2.26. The van der Waals surface area contributed by atoms with Crippen LogP contribution in [0.5, 0.6) is 0 Å². The third-order valence-corrected chi connectivity index (χ3v) is 2.02. The zero-order valence-electron chi connectivity index (χ0n) is 7.72. The van der Waals surface area contributed by atoms with E-state index in [-0.39, 0.29) is 0 Å². The topological polar surface area (TPSA) is 36.3 Å². The van der Waals surface area contributed by atoms with Crippen molar-refractivity contribution in [3.8, 4) is 6.07 Å². The molecule has 0 saturated carbocycles. The third-order valence-electron chi connectivity index (χ3n) is 2.02. The fourth-order valence-corrected chi connectivity index (χ4v) is 0.680. The van der Waals surface area contributed by atoms with Gasteiger partial charge in [-0.15, -0.1) is 0 Å². The van der Waals surface area contributed by atoms with E-state index in [1.54, 1.807) is 7.11 Å². The second-order valence-electron chi connectivity index (χ2n) is 3.02. The van der Waals surface area contributed by atoms with E-state index in [0.29, 0.717) is 6.61 Å². The zero-order valence-corrected chi connectivity index (χ0v) is 7.72. The first kappa shape index (κ1) is 10.4. The maximum atomic E-state index is 8.84. The molecule has 1 unspecified atom stereocenters. The van der Waals surface area contributed by atoms with E-state index < -0.39 is 5.54 Å². The lowest BCUT2D eigenvalue weighted by molar-refractivity contribution is 0.135. The quantitative estimate of drug-likeness (QED) is 0.606. The van der Waals surface area contributed by atoms with Crippen LogP contribution in [0.3, 0.4) is 0 Å². The third kappa shape index (κ3) is 2.87. The molecule has 0 N–H and O–H groups in total. The summed E-state index contributed by atoms with van der Waals surface area (Å²) >= 11 is 0. The number of rotatable bonds is 4. The molecule has 64 valence electrons. The standard InChI is InChI=1S/C8H16N2O/c1-8(7-9,10(2)3)5-6-11-4/h5-6H2,1-4H3. The van der Waals surface area contributed by atoms with Crippen molar-refractivity contribution in [2.45, 2.75) is 18.9 Å². The van der Waals surface area contributed by atoms with Crippen LogP contribution >= 0.6 is 0 Å². The van der Waals surface area contributed by atoms with Crippen LogP contribution in [0.25, 0.3) is 0 Å². The monoisotopic (exact) mass is 156 g/mol. The van der Waals surface area contributed by atoms with Crippen LogP contribution in [0, 0.1) is 11.3 Å². The van der Waals surface area contributed by atoms with Crippen LogP contribution in [0.15, 0.2) is 0 Å². The normalized spacial score (nSPS) is 16.0. The molecule has 0 radical (unpaired) electrons. The molecular formula is C8H16N2O. The van der Waals surface area contributed by atoms with Gasteiger partial charge in [-0.3, -0.25) is 4.90 Å². The maximum absolute atomic E-state index is 8.84. The van der Waals surface area contributed by atoms with Gasteiger partial charge in [0.05, 0.1) is 6.07 Å². The highest BCUT2D eigenvalue weighted by atomic mass is 16.5. The molecule has 0 aliphatic rings. The molecule has 0 heterocycles. The summed E-state index contributed by atoms with van der Waals surface area (Å²) < 4.78 is 4.91. The lowest BCUT2D eigenvalue weighted by atomic mass is 9.99. The number of nitrogens with zero attached hydrogens (tertiary/aromatic N) is 2. The molecule has 0 amide bonds. The molecule has 0 aliphatic carbocycles. The number of hydrogen-bond acceptors (Lipinski definition) is 3. The van der Waals surface area contributed by atoms with Crippen molar-refractivity contribution in [2.75, 3.05) is 27.8 Å². The molecule has 0 aliphatic heterocycles. The Bertz CT molecular complexity index is 151. The summed E-state index contributed by atoms with van der Waals surface area (Å²) in [7, 11) is 5.45. The Balaban J connectivity index is 4.03. The predicted molar refractivity (Wildman–Crippen MR) is 44.2 cm³/mol. The number of hydrogen-bond donors (Lipinski definition) is 0. The average molecular weight is 156 g/mol. The van der Waals surface area contributed by atoms with E-state index in [0.717, 1.165) is 6.42 Å². The summed E-state index contributed by atoms with van der Waals surface area (Å²) in [4.78, 5) is 1.91. The maximum Gasteiger partial charge on any atom is 0.108 e. The van der Waals surface area contributed by atoms with Gasteiger partial charge in [0, 0.05) is 20.1 Å². The Kier molecular flexibility index (Phi) is 4.09. The Morgan fingerprint density at radius 2 is 2.09 bits per heavy atom. The van der Waals surface area contributed by atoms with Gasteiger partial charge in [-0.2, -0.15) is 5.26 Å². The molecule has 11 heavy (non-hydrogen) atoms. The number of methoxy groups -OCH3 is 1. The van der Waals surface area contributed by atoms with E-state index in [4.69, 9.17) is 10.00 Å². The molecule has 0 bridgehead atoms. The van der Waals surface area contributed by atoms with Gasteiger partial charge in [0.1, 0.15) is 5.54 Å².